The second-order valence-electron chi connectivity index (χ2n) is 5.06. The summed E-state index contributed by atoms with van der Waals surface area (Å²) in [5.74, 6) is -0.348. The maximum absolute atomic E-state index is 12.0. The van der Waals surface area contributed by atoms with Crippen molar-refractivity contribution in [2.75, 3.05) is 25.1 Å². The van der Waals surface area contributed by atoms with Crippen molar-refractivity contribution in [3.05, 3.63) is 53.5 Å². The highest BCUT2D eigenvalue weighted by molar-refractivity contribution is 5.94. The van der Waals surface area contributed by atoms with Crippen LogP contribution in [0.5, 0.6) is 11.5 Å². The highest BCUT2D eigenvalue weighted by Crippen LogP contribution is 2.30. The number of anilines is 1. The average Bonchev–Trinajstić information content (AvgIpc) is 2.62. The first kappa shape index (κ1) is 19.0. The Morgan fingerprint density at radius 1 is 1.08 bits per heavy atom. The lowest BCUT2D eigenvalue weighted by molar-refractivity contribution is -0.608. The summed E-state index contributed by atoms with van der Waals surface area (Å²) in [6.07, 6.45) is 1.17. The smallest absolute Gasteiger partial charge is 0.405 e. The topological polar surface area (TPSA) is 101 Å². The number of carbonyl (C=O) groups excluding carboxylic acids is 2. The molecular weight excluding hydrogens is 340 g/mol. The van der Waals surface area contributed by atoms with E-state index < -0.39 is 18.5 Å². The molecule has 0 atom stereocenters. The van der Waals surface area contributed by atoms with Crippen LogP contribution in [-0.2, 0) is 9.53 Å². The van der Waals surface area contributed by atoms with Crippen molar-refractivity contribution in [1.29, 1.82) is 0 Å². The number of ether oxygens (including phenoxy) is 3. The molecule has 8 heteroatoms. The summed E-state index contributed by atoms with van der Waals surface area (Å²) in [4.78, 5) is 23.8. The first-order valence-corrected chi connectivity index (χ1v) is 8.10. The Bertz CT molecular complexity index is 778. The second-order valence-corrected chi connectivity index (χ2v) is 5.06. The van der Waals surface area contributed by atoms with E-state index >= 15 is 0 Å². The number of nitrogens with zero attached hydrogens (tertiary/aromatic N) is 1. The quantitative estimate of drug-likeness (QED) is 0.438. The Balaban J connectivity index is 1.96. The minimum absolute atomic E-state index is 0.194. The zero-order valence-electron chi connectivity index (χ0n) is 14.6. The number of pyridine rings is 1. The van der Waals surface area contributed by atoms with Crippen LogP contribution in [0.25, 0.3) is 0 Å². The first-order valence-electron chi connectivity index (χ1n) is 8.10. The largest absolute Gasteiger partial charge is 0.618 e. The van der Waals surface area contributed by atoms with E-state index in [0.717, 1.165) is 0 Å². The van der Waals surface area contributed by atoms with Gasteiger partial charge in [-0.25, -0.2) is 4.79 Å². The molecule has 2 rings (SSSR count). The van der Waals surface area contributed by atoms with Gasteiger partial charge in [-0.3, -0.25) is 4.79 Å². The Morgan fingerprint density at radius 2 is 1.81 bits per heavy atom. The predicted octanol–water partition coefficient (Wildman–Crippen LogP) is 1.91. The molecule has 1 amide bonds. The van der Waals surface area contributed by atoms with Crippen LogP contribution in [-0.4, -0.2) is 31.7 Å². The molecule has 0 aliphatic carbocycles. The molecule has 0 aliphatic heterocycles. The Kier molecular flexibility index (Phi) is 6.78. The molecule has 0 saturated carbocycles. The fourth-order valence-corrected chi connectivity index (χ4v) is 2.12. The molecule has 8 nitrogen and oxygen atoms in total. The van der Waals surface area contributed by atoms with Gasteiger partial charge in [0.25, 0.3) is 5.91 Å². The standard InChI is InChI=1S/C18H20N2O6/c1-3-24-15-9-8-13(11-16(15)25-4-2)19-17(21)12-26-18(22)14-7-5-6-10-20(14)23/h5-11H,3-4,12H2,1-2H3,(H,19,21). The van der Waals surface area contributed by atoms with E-state index in [0.29, 0.717) is 35.1 Å². The van der Waals surface area contributed by atoms with Crippen molar-refractivity contribution in [2.45, 2.75) is 13.8 Å². The van der Waals surface area contributed by atoms with E-state index in [1.54, 1.807) is 18.2 Å². The fourth-order valence-electron chi connectivity index (χ4n) is 2.12. The number of nitrogens with one attached hydrogen (secondary N) is 1. The predicted molar refractivity (Wildman–Crippen MR) is 93.1 cm³/mol. The molecule has 0 radical (unpaired) electrons. The molecule has 1 heterocycles. The number of hydrogen-bond acceptors (Lipinski definition) is 6. The normalized spacial score (nSPS) is 10.1. The highest BCUT2D eigenvalue weighted by Gasteiger charge is 2.18. The molecule has 0 saturated heterocycles. The van der Waals surface area contributed by atoms with Gasteiger partial charge in [0.05, 0.1) is 13.2 Å². The van der Waals surface area contributed by atoms with E-state index in [-0.39, 0.29) is 5.69 Å². The van der Waals surface area contributed by atoms with E-state index in [9.17, 15) is 14.8 Å². The van der Waals surface area contributed by atoms with Crippen molar-refractivity contribution in [3.63, 3.8) is 0 Å². The third-order valence-corrected chi connectivity index (χ3v) is 3.19. The third-order valence-electron chi connectivity index (χ3n) is 3.19. The van der Waals surface area contributed by atoms with Crippen LogP contribution in [0.4, 0.5) is 5.69 Å². The minimum atomic E-state index is -0.877. The molecular formula is C18H20N2O6. The van der Waals surface area contributed by atoms with Crippen molar-refractivity contribution in [3.8, 4) is 11.5 Å². The Hall–Kier alpha value is -3.29. The van der Waals surface area contributed by atoms with Gasteiger partial charge in [0.15, 0.2) is 24.3 Å². The van der Waals surface area contributed by atoms with Crippen LogP contribution >= 0.6 is 0 Å². The van der Waals surface area contributed by atoms with Crippen LogP contribution in [0.15, 0.2) is 42.6 Å². The lowest BCUT2D eigenvalue weighted by Gasteiger charge is -2.13. The van der Waals surface area contributed by atoms with Gasteiger partial charge in [0.1, 0.15) is 0 Å². The zero-order valence-corrected chi connectivity index (χ0v) is 14.6. The zero-order chi connectivity index (χ0) is 18.9. The van der Waals surface area contributed by atoms with E-state index in [1.165, 1.54) is 24.4 Å². The van der Waals surface area contributed by atoms with Gasteiger partial charge >= 0.3 is 11.7 Å². The number of rotatable bonds is 8. The first-order chi connectivity index (χ1) is 12.5. The summed E-state index contributed by atoms with van der Waals surface area (Å²) in [5, 5.41) is 14.1. The molecule has 0 bridgehead atoms. The van der Waals surface area contributed by atoms with Crippen molar-refractivity contribution < 1.29 is 28.5 Å². The Labute approximate surface area is 150 Å². The Morgan fingerprint density at radius 3 is 2.50 bits per heavy atom. The van der Waals surface area contributed by atoms with Gasteiger partial charge in [-0.15, -0.1) is 0 Å². The minimum Gasteiger partial charge on any atom is -0.618 e. The van der Waals surface area contributed by atoms with Crippen LogP contribution in [0, 0.1) is 5.21 Å². The van der Waals surface area contributed by atoms with Gasteiger partial charge in [0, 0.05) is 23.9 Å². The molecule has 1 aromatic carbocycles. The van der Waals surface area contributed by atoms with Crippen LogP contribution in [0.1, 0.15) is 24.3 Å². The van der Waals surface area contributed by atoms with E-state index in [4.69, 9.17) is 14.2 Å². The van der Waals surface area contributed by atoms with Gasteiger partial charge in [-0.05, 0) is 32.0 Å². The summed E-state index contributed by atoms with van der Waals surface area (Å²) in [6.45, 7) is 4.11. The number of amides is 1. The van der Waals surface area contributed by atoms with Gasteiger partial charge in [-0.2, -0.15) is 4.73 Å². The second kappa shape index (κ2) is 9.26. The van der Waals surface area contributed by atoms with Gasteiger partial charge < -0.3 is 24.7 Å². The molecule has 1 aromatic heterocycles. The molecule has 0 fully saturated rings. The summed E-state index contributed by atoms with van der Waals surface area (Å²) in [6, 6.07) is 9.28. The summed E-state index contributed by atoms with van der Waals surface area (Å²) in [5.41, 5.74) is 0.275. The molecule has 0 spiro atoms. The number of aromatic nitrogens is 1. The van der Waals surface area contributed by atoms with Crippen LogP contribution < -0.4 is 19.5 Å². The molecule has 26 heavy (non-hydrogen) atoms. The van der Waals surface area contributed by atoms with Crippen molar-refractivity contribution in [1.82, 2.24) is 0 Å². The van der Waals surface area contributed by atoms with Crippen LogP contribution in [0.2, 0.25) is 0 Å². The molecule has 2 aromatic rings. The number of hydrogen-bond donors (Lipinski definition) is 1. The van der Waals surface area contributed by atoms with Crippen molar-refractivity contribution >= 4 is 17.6 Å². The van der Waals surface area contributed by atoms with E-state index in [2.05, 4.69) is 5.32 Å². The number of carbonyl (C=O) groups is 2. The van der Waals surface area contributed by atoms with Gasteiger partial charge in [-0.1, -0.05) is 0 Å². The number of benzene rings is 1. The summed E-state index contributed by atoms with van der Waals surface area (Å²) >= 11 is 0. The van der Waals surface area contributed by atoms with Gasteiger partial charge in [0.2, 0.25) is 0 Å². The molecule has 138 valence electrons. The monoisotopic (exact) mass is 360 g/mol. The molecule has 0 unspecified atom stereocenters. The van der Waals surface area contributed by atoms with E-state index in [1.807, 2.05) is 13.8 Å². The summed E-state index contributed by atoms with van der Waals surface area (Å²) < 4.78 is 16.2. The number of esters is 1. The maximum Gasteiger partial charge on any atom is 0.405 e. The maximum atomic E-state index is 12.0. The molecule has 0 aliphatic rings. The average molecular weight is 360 g/mol. The summed E-state index contributed by atoms with van der Waals surface area (Å²) in [7, 11) is 0. The fraction of sp³-hybridized carbons (Fsp3) is 0.278. The lowest BCUT2D eigenvalue weighted by Crippen LogP contribution is -2.35. The SMILES string of the molecule is CCOc1ccc(NC(=O)COC(=O)c2cccc[n+]2[O-])cc1OCC. The third kappa shape index (κ3) is 5.10. The highest BCUT2D eigenvalue weighted by atomic mass is 16.5. The molecule has 1 N–H and O–H groups in total. The van der Waals surface area contributed by atoms with Crippen LogP contribution in [0.3, 0.4) is 0 Å². The lowest BCUT2D eigenvalue weighted by atomic mass is 10.2. The van der Waals surface area contributed by atoms with Crippen molar-refractivity contribution in [2.24, 2.45) is 0 Å².